The fourth-order valence-electron chi connectivity index (χ4n) is 3.47. The third-order valence-electron chi connectivity index (χ3n) is 4.69. The van der Waals surface area contributed by atoms with Crippen molar-refractivity contribution in [1.29, 1.82) is 0 Å². The van der Waals surface area contributed by atoms with Crippen LogP contribution in [0.15, 0.2) is 6.33 Å². The molecule has 4 heteroatoms. The zero-order valence-electron chi connectivity index (χ0n) is 14.2. The van der Waals surface area contributed by atoms with Gasteiger partial charge in [-0.15, -0.1) is 0 Å². The van der Waals surface area contributed by atoms with Crippen LogP contribution in [0.25, 0.3) is 0 Å². The Morgan fingerprint density at radius 3 is 2.52 bits per heavy atom. The van der Waals surface area contributed by atoms with Crippen LogP contribution in [0.3, 0.4) is 0 Å². The second kappa shape index (κ2) is 7.92. The van der Waals surface area contributed by atoms with E-state index in [0.717, 1.165) is 24.8 Å². The predicted octanol–water partition coefficient (Wildman–Crippen LogP) is 3.60. The quantitative estimate of drug-likeness (QED) is 0.815. The normalized spacial score (nSPS) is 23.7. The van der Waals surface area contributed by atoms with Gasteiger partial charge in [-0.3, -0.25) is 0 Å². The van der Waals surface area contributed by atoms with Crippen LogP contribution in [0.5, 0.6) is 0 Å². The predicted molar refractivity (Wildman–Crippen MR) is 87.3 cm³/mol. The maximum absolute atomic E-state index is 4.52. The molecule has 1 aromatic rings. The van der Waals surface area contributed by atoms with E-state index in [-0.39, 0.29) is 0 Å². The van der Waals surface area contributed by atoms with E-state index < -0.39 is 0 Å². The van der Waals surface area contributed by atoms with E-state index in [4.69, 9.17) is 0 Å². The lowest BCUT2D eigenvalue weighted by atomic mass is 9.85. The zero-order chi connectivity index (χ0) is 15.2. The molecule has 0 bridgehead atoms. The van der Waals surface area contributed by atoms with Gasteiger partial charge in [0.15, 0.2) is 0 Å². The summed E-state index contributed by atoms with van der Waals surface area (Å²) in [5.41, 5.74) is 0. The van der Waals surface area contributed by atoms with Crippen molar-refractivity contribution in [3.8, 4) is 0 Å². The molecule has 21 heavy (non-hydrogen) atoms. The Hall–Kier alpha value is -0.900. The summed E-state index contributed by atoms with van der Waals surface area (Å²) >= 11 is 0. The number of hydrogen-bond acceptors (Lipinski definition) is 3. The SMILES string of the molecule is CC(C)NCC1CCCCCC1Cc1ncnn1C(C)C. The van der Waals surface area contributed by atoms with E-state index in [1.807, 2.05) is 0 Å². The standard InChI is InChI=1S/C17H32N4/c1-13(2)18-11-16-9-7-5-6-8-15(16)10-17-19-12-20-21(17)14(3)4/h12-16,18H,5-11H2,1-4H3. The molecule has 0 aromatic carbocycles. The van der Waals surface area contributed by atoms with Gasteiger partial charge in [-0.05, 0) is 45.1 Å². The van der Waals surface area contributed by atoms with Crippen molar-refractivity contribution in [3.63, 3.8) is 0 Å². The Morgan fingerprint density at radius 1 is 1.14 bits per heavy atom. The van der Waals surface area contributed by atoms with Gasteiger partial charge in [-0.1, -0.05) is 33.1 Å². The summed E-state index contributed by atoms with van der Waals surface area (Å²) in [5, 5.41) is 8.04. The molecular weight excluding hydrogens is 260 g/mol. The highest BCUT2D eigenvalue weighted by atomic mass is 15.3. The van der Waals surface area contributed by atoms with Crippen LogP contribution in [-0.4, -0.2) is 27.4 Å². The van der Waals surface area contributed by atoms with Crippen molar-refractivity contribution in [2.24, 2.45) is 11.8 Å². The Morgan fingerprint density at radius 2 is 1.86 bits per heavy atom. The number of nitrogens with zero attached hydrogens (tertiary/aromatic N) is 3. The van der Waals surface area contributed by atoms with Gasteiger partial charge in [-0.25, -0.2) is 9.67 Å². The molecule has 0 aliphatic heterocycles. The maximum Gasteiger partial charge on any atom is 0.138 e. The van der Waals surface area contributed by atoms with Crippen LogP contribution in [0, 0.1) is 11.8 Å². The average Bonchev–Trinajstić information content (AvgIpc) is 2.77. The number of nitrogens with one attached hydrogen (secondary N) is 1. The number of rotatable bonds is 6. The summed E-state index contributed by atoms with van der Waals surface area (Å²) in [4.78, 5) is 4.52. The summed E-state index contributed by atoms with van der Waals surface area (Å²) in [7, 11) is 0. The molecule has 1 heterocycles. The topological polar surface area (TPSA) is 42.7 Å². The molecule has 1 aliphatic carbocycles. The first-order valence-corrected chi connectivity index (χ1v) is 8.69. The van der Waals surface area contributed by atoms with Gasteiger partial charge >= 0.3 is 0 Å². The van der Waals surface area contributed by atoms with Crippen LogP contribution in [0.2, 0.25) is 0 Å². The molecule has 0 radical (unpaired) electrons. The molecule has 2 rings (SSSR count). The van der Waals surface area contributed by atoms with Crippen molar-refractivity contribution in [2.45, 2.75) is 78.3 Å². The van der Waals surface area contributed by atoms with Gasteiger partial charge in [0, 0.05) is 18.5 Å². The Labute approximate surface area is 129 Å². The summed E-state index contributed by atoms with van der Waals surface area (Å²) < 4.78 is 2.10. The lowest BCUT2D eigenvalue weighted by Gasteiger charge is -2.26. The molecule has 4 nitrogen and oxygen atoms in total. The van der Waals surface area contributed by atoms with E-state index in [1.165, 1.54) is 37.9 Å². The van der Waals surface area contributed by atoms with Crippen LogP contribution >= 0.6 is 0 Å². The molecule has 0 spiro atoms. The second-order valence-corrected chi connectivity index (χ2v) is 7.14. The first-order chi connectivity index (χ1) is 10.1. The molecule has 1 fully saturated rings. The molecule has 1 N–H and O–H groups in total. The Balaban J connectivity index is 2.03. The van der Waals surface area contributed by atoms with E-state index in [9.17, 15) is 0 Å². The van der Waals surface area contributed by atoms with Crippen molar-refractivity contribution >= 4 is 0 Å². The van der Waals surface area contributed by atoms with Gasteiger partial charge in [-0.2, -0.15) is 5.10 Å². The average molecular weight is 292 g/mol. The maximum atomic E-state index is 4.52. The second-order valence-electron chi connectivity index (χ2n) is 7.14. The van der Waals surface area contributed by atoms with Gasteiger partial charge in [0.25, 0.3) is 0 Å². The minimum absolute atomic E-state index is 0.403. The van der Waals surface area contributed by atoms with Crippen LogP contribution in [0.4, 0.5) is 0 Å². The fraction of sp³-hybridized carbons (Fsp3) is 0.882. The summed E-state index contributed by atoms with van der Waals surface area (Å²) in [6, 6.07) is 0.980. The third kappa shape index (κ3) is 4.80. The zero-order valence-corrected chi connectivity index (χ0v) is 14.2. The molecule has 2 atom stereocenters. The van der Waals surface area contributed by atoms with Gasteiger partial charge in [0.1, 0.15) is 12.2 Å². The fourth-order valence-corrected chi connectivity index (χ4v) is 3.47. The summed E-state index contributed by atoms with van der Waals surface area (Å²) in [6.45, 7) is 9.99. The first kappa shape index (κ1) is 16.5. The van der Waals surface area contributed by atoms with E-state index in [2.05, 4.69) is 47.8 Å². The lowest BCUT2D eigenvalue weighted by Crippen LogP contribution is -2.33. The van der Waals surface area contributed by atoms with Crippen molar-refractivity contribution in [3.05, 3.63) is 12.2 Å². The van der Waals surface area contributed by atoms with Crippen molar-refractivity contribution in [1.82, 2.24) is 20.1 Å². The molecule has 1 aliphatic rings. The minimum Gasteiger partial charge on any atom is -0.314 e. The van der Waals surface area contributed by atoms with E-state index in [1.54, 1.807) is 6.33 Å². The lowest BCUT2D eigenvalue weighted by molar-refractivity contribution is 0.282. The van der Waals surface area contributed by atoms with Gasteiger partial charge < -0.3 is 5.32 Å². The highest BCUT2D eigenvalue weighted by Crippen LogP contribution is 2.31. The molecule has 0 amide bonds. The Kier molecular flexibility index (Phi) is 6.22. The molecule has 0 saturated heterocycles. The monoisotopic (exact) mass is 292 g/mol. The Bertz CT molecular complexity index is 411. The van der Waals surface area contributed by atoms with Gasteiger partial charge in [0.2, 0.25) is 0 Å². The van der Waals surface area contributed by atoms with Gasteiger partial charge in [0.05, 0.1) is 0 Å². The van der Waals surface area contributed by atoms with Crippen molar-refractivity contribution < 1.29 is 0 Å². The highest BCUT2D eigenvalue weighted by molar-refractivity contribution is 4.92. The molecular formula is C17H32N4. The van der Waals surface area contributed by atoms with E-state index in [0.29, 0.717) is 12.1 Å². The molecule has 1 aromatic heterocycles. The largest absolute Gasteiger partial charge is 0.314 e. The first-order valence-electron chi connectivity index (χ1n) is 8.69. The van der Waals surface area contributed by atoms with Crippen molar-refractivity contribution in [2.75, 3.05) is 6.54 Å². The molecule has 120 valence electrons. The molecule has 1 saturated carbocycles. The number of hydrogen-bond donors (Lipinski definition) is 1. The smallest absolute Gasteiger partial charge is 0.138 e. The third-order valence-corrected chi connectivity index (χ3v) is 4.69. The molecule has 2 unspecified atom stereocenters. The van der Waals surface area contributed by atoms with E-state index >= 15 is 0 Å². The summed E-state index contributed by atoms with van der Waals surface area (Å²) in [6.07, 6.45) is 9.66. The highest BCUT2D eigenvalue weighted by Gasteiger charge is 2.25. The minimum atomic E-state index is 0.403. The summed E-state index contributed by atoms with van der Waals surface area (Å²) in [5.74, 6) is 2.71. The number of aromatic nitrogens is 3. The van der Waals surface area contributed by atoms with Crippen LogP contribution in [0.1, 0.15) is 71.7 Å². The van der Waals surface area contributed by atoms with Crippen LogP contribution < -0.4 is 5.32 Å². The van der Waals surface area contributed by atoms with Crippen LogP contribution in [-0.2, 0) is 6.42 Å².